The summed E-state index contributed by atoms with van der Waals surface area (Å²) in [4.78, 5) is 5.35. The van der Waals surface area contributed by atoms with Crippen molar-refractivity contribution in [1.82, 2.24) is 19.6 Å². The average Bonchev–Trinajstić information content (AvgIpc) is 3.36. The summed E-state index contributed by atoms with van der Waals surface area (Å²) < 4.78 is 21.8. The number of para-hydroxylation sites is 1. The van der Waals surface area contributed by atoms with Crippen LogP contribution in [0.25, 0.3) is 26.6 Å². The Morgan fingerprint density at radius 2 is 1.92 bits per heavy atom. The first-order chi connectivity index (χ1) is 12.8. The van der Waals surface area contributed by atoms with Gasteiger partial charge in [0.15, 0.2) is 5.16 Å². The summed E-state index contributed by atoms with van der Waals surface area (Å²) in [6.45, 7) is 0. The van der Waals surface area contributed by atoms with Gasteiger partial charge in [0.05, 0.1) is 15.9 Å². The van der Waals surface area contributed by atoms with E-state index in [2.05, 4.69) is 31.7 Å². The molecule has 3 heterocycles. The molecule has 8 heteroatoms. The number of fused-ring (bicyclic) bond motifs is 3. The lowest BCUT2D eigenvalue weighted by atomic mass is 10.2. The quantitative estimate of drug-likeness (QED) is 0.408. The standard InChI is InChI=1S/C18H11FN4OS2/c19-12-7-5-11(6-8-12)16-20-13(9-24-16)10-25-17-21-22-18-23(17)14-3-1-2-4-15(14)26-18/h1-9H,10H2. The SMILES string of the molecule is Fc1ccc(-c2nc(CSc3nnc4sc5ccccc5n34)co2)cc1. The molecule has 0 aliphatic heterocycles. The molecular weight excluding hydrogens is 371 g/mol. The number of nitrogens with zero attached hydrogens (tertiary/aromatic N) is 4. The van der Waals surface area contributed by atoms with Crippen molar-refractivity contribution in [2.45, 2.75) is 10.9 Å². The van der Waals surface area contributed by atoms with Crippen LogP contribution >= 0.6 is 23.1 Å². The Kier molecular flexibility index (Phi) is 3.72. The van der Waals surface area contributed by atoms with Gasteiger partial charge in [0.1, 0.15) is 12.1 Å². The minimum Gasteiger partial charge on any atom is -0.444 e. The Labute approximate surface area is 155 Å². The van der Waals surface area contributed by atoms with Crippen LogP contribution in [-0.2, 0) is 5.75 Å². The highest BCUT2D eigenvalue weighted by Crippen LogP contribution is 2.31. The topological polar surface area (TPSA) is 56.2 Å². The summed E-state index contributed by atoms with van der Waals surface area (Å²) in [5.41, 5.74) is 2.65. The molecule has 3 aromatic heterocycles. The third kappa shape index (κ3) is 2.67. The molecule has 0 aliphatic rings. The smallest absolute Gasteiger partial charge is 0.226 e. The number of oxazole rings is 1. The molecule has 0 aliphatic carbocycles. The molecule has 0 radical (unpaired) electrons. The number of halogens is 1. The number of aromatic nitrogens is 4. The first-order valence-electron chi connectivity index (χ1n) is 7.84. The predicted octanol–water partition coefficient (Wildman–Crippen LogP) is 5.03. The molecule has 0 N–H and O–H groups in total. The van der Waals surface area contributed by atoms with Crippen molar-refractivity contribution in [3.8, 4) is 11.5 Å². The van der Waals surface area contributed by atoms with E-state index < -0.39 is 0 Å². The van der Waals surface area contributed by atoms with Gasteiger partial charge in [-0.05, 0) is 36.4 Å². The molecule has 0 fully saturated rings. The molecule has 5 nitrogen and oxygen atoms in total. The number of thioether (sulfide) groups is 1. The minimum absolute atomic E-state index is 0.283. The third-order valence-corrected chi connectivity index (χ3v) is 5.88. The minimum atomic E-state index is -0.283. The molecule has 0 amide bonds. The molecule has 128 valence electrons. The summed E-state index contributed by atoms with van der Waals surface area (Å²) >= 11 is 3.17. The summed E-state index contributed by atoms with van der Waals surface area (Å²) in [5.74, 6) is 0.804. The van der Waals surface area contributed by atoms with Crippen molar-refractivity contribution in [1.29, 1.82) is 0 Å². The zero-order chi connectivity index (χ0) is 17.5. The van der Waals surface area contributed by atoms with Gasteiger partial charge in [-0.2, -0.15) is 0 Å². The second kappa shape index (κ2) is 6.22. The highest BCUT2D eigenvalue weighted by molar-refractivity contribution is 7.98. The van der Waals surface area contributed by atoms with E-state index in [9.17, 15) is 4.39 Å². The monoisotopic (exact) mass is 382 g/mol. The fourth-order valence-electron chi connectivity index (χ4n) is 2.69. The fraction of sp³-hybridized carbons (Fsp3) is 0.0556. The largest absolute Gasteiger partial charge is 0.444 e. The van der Waals surface area contributed by atoms with Crippen molar-refractivity contribution < 1.29 is 8.81 Å². The molecule has 0 spiro atoms. The maximum atomic E-state index is 13.0. The van der Waals surface area contributed by atoms with Gasteiger partial charge in [-0.25, -0.2) is 9.37 Å². The zero-order valence-electron chi connectivity index (χ0n) is 13.3. The van der Waals surface area contributed by atoms with Gasteiger partial charge >= 0.3 is 0 Å². The lowest BCUT2D eigenvalue weighted by Crippen LogP contribution is -1.87. The maximum absolute atomic E-state index is 13.0. The summed E-state index contributed by atoms with van der Waals surface area (Å²) in [5, 5.41) is 9.36. The lowest BCUT2D eigenvalue weighted by molar-refractivity contribution is 0.573. The number of hydrogen-bond acceptors (Lipinski definition) is 6. The van der Waals surface area contributed by atoms with Gasteiger partial charge in [-0.15, -0.1) is 10.2 Å². The van der Waals surface area contributed by atoms with Gasteiger partial charge in [0.2, 0.25) is 10.9 Å². The van der Waals surface area contributed by atoms with Crippen LogP contribution in [0, 0.1) is 5.82 Å². The second-order valence-electron chi connectivity index (χ2n) is 5.61. The van der Waals surface area contributed by atoms with Crippen LogP contribution in [0.3, 0.4) is 0 Å². The van der Waals surface area contributed by atoms with Crippen molar-refractivity contribution in [3.05, 3.63) is 66.3 Å². The van der Waals surface area contributed by atoms with E-state index >= 15 is 0 Å². The Morgan fingerprint density at radius 1 is 1.08 bits per heavy atom. The Morgan fingerprint density at radius 3 is 2.81 bits per heavy atom. The molecule has 0 saturated heterocycles. The fourth-order valence-corrected chi connectivity index (χ4v) is 4.53. The van der Waals surface area contributed by atoms with Crippen LogP contribution in [0.2, 0.25) is 0 Å². The zero-order valence-corrected chi connectivity index (χ0v) is 14.9. The molecule has 5 rings (SSSR count). The summed E-state index contributed by atoms with van der Waals surface area (Å²) in [6.07, 6.45) is 1.62. The molecular formula is C18H11FN4OS2. The van der Waals surface area contributed by atoms with Crippen molar-refractivity contribution in [2.75, 3.05) is 0 Å². The molecule has 0 saturated carbocycles. The van der Waals surface area contributed by atoms with Crippen molar-refractivity contribution in [2.24, 2.45) is 0 Å². The van der Waals surface area contributed by atoms with Gasteiger partial charge in [0.25, 0.3) is 0 Å². The van der Waals surface area contributed by atoms with Crippen LogP contribution in [-0.4, -0.2) is 19.6 Å². The molecule has 0 atom stereocenters. The van der Waals surface area contributed by atoms with Gasteiger partial charge in [-0.3, -0.25) is 4.40 Å². The van der Waals surface area contributed by atoms with Crippen LogP contribution < -0.4 is 0 Å². The van der Waals surface area contributed by atoms with E-state index in [0.29, 0.717) is 11.6 Å². The van der Waals surface area contributed by atoms with Crippen LogP contribution in [0.1, 0.15) is 5.69 Å². The maximum Gasteiger partial charge on any atom is 0.226 e. The Bertz CT molecular complexity index is 1210. The highest BCUT2D eigenvalue weighted by Gasteiger charge is 2.14. The van der Waals surface area contributed by atoms with E-state index in [4.69, 9.17) is 4.42 Å². The number of hydrogen-bond donors (Lipinski definition) is 0. The Balaban J connectivity index is 1.40. The average molecular weight is 382 g/mol. The number of rotatable bonds is 4. The van der Waals surface area contributed by atoms with Gasteiger partial charge in [-0.1, -0.05) is 35.2 Å². The summed E-state index contributed by atoms with van der Waals surface area (Å²) in [7, 11) is 0. The molecule has 0 bridgehead atoms. The van der Waals surface area contributed by atoms with Gasteiger partial charge in [0, 0.05) is 11.3 Å². The molecule has 0 unspecified atom stereocenters. The number of benzene rings is 2. The molecule has 2 aromatic carbocycles. The second-order valence-corrected chi connectivity index (χ2v) is 7.56. The number of thiazole rings is 1. The van der Waals surface area contributed by atoms with E-state index in [1.165, 1.54) is 16.8 Å². The van der Waals surface area contributed by atoms with Crippen LogP contribution in [0.4, 0.5) is 4.39 Å². The van der Waals surface area contributed by atoms with Crippen molar-refractivity contribution >= 4 is 38.3 Å². The third-order valence-electron chi connectivity index (χ3n) is 3.90. The Hall–Kier alpha value is -2.71. The molecule has 5 aromatic rings. The van der Waals surface area contributed by atoms with Crippen molar-refractivity contribution in [3.63, 3.8) is 0 Å². The predicted molar refractivity (Wildman–Crippen MR) is 99.8 cm³/mol. The first-order valence-corrected chi connectivity index (χ1v) is 9.64. The molecule has 26 heavy (non-hydrogen) atoms. The normalized spacial score (nSPS) is 11.6. The highest BCUT2D eigenvalue weighted by atomic mass is 32.2. The van der Waals surface area contributed by atoms with E-state index in [1.54, 1.807) is 41.5 Å². The first kappa shape index (κ1) is 15.5. The van der Waals surface area contributed by atoms with Crippen LogP contribution in [0.15, 0.2) is 64.4 Å². The summed E-state index contributed by atoms with van der Waals surface area (Å²) in [6, 6.07) is 14.3. The van der Waals surface area contributed by atoms with Crippen LogP contribution in [0.5, 0.6) is 0 Å². The van der Waals surface area contributed by atoms with Gasteiger partial charge < -0.3 is 4.42 Å². The van der Waals surface area contributed by atoms with E-state index in [1.807, 2.05) is 12.1 Å². The van der Waals surface area contributed by atoms with E-state index in [-0.39, 0.29) is 5.82 Å². The lowest BCUT2D eigenvalue weighted by Gasteiger charge is -1.97. The van der Waals surface area contributed by atoms with E-state index in [0.717, 1.165) is 26.9 Å².